The SMILES string of the molecule is CC(=O)c1c(C)nn(-c2ccc(C(=O)NCc3ccccc3)o2)c1C. The summed E-state index contributed by atoms with van der Waals surface area (Å²) in [6, 6.07) is 12.9. The fourth-order valence-electron chi connectivity index (χ4n) is 2.80. The van der Waals surface area contributed by atoms with Crippen LogP contribution in [-0.4, -0.2) is 21.5 Å². The molecule has 6 heteroatoms. The number of aromatic nitrogens is 2. The minimum absolute atomic E-state index is 0.0476. The minimum Gasteiger partial charge on any atom is -0.433 e. The van der Waals surface area contributed by atoms with Gasteiger partial charge in [-0.1, -0.05) is 30.3 Å². The van der Waals surface area contributed by atoms with Gasteiger partial charge in [0.05, 0.1) is 17.0 Å². The van der Waals surface area contributed by atoms with Crippen molar-refractivity contribution in [3.05, 3.63) is 70.7 Å². The third kappa shape index (κ3) is 3.38. The summed E-state index contributed by atoms with van der Waals surface area (Å²) < 4.78 is 7.17. The molecule has 25 heavy (non-hydrogen) atoms. The number of amides is 1. The molecule has 1 aromatic carbocycles. The molecule has 2 aromatic heterocycles. The number of Topliss-reactive ketones (excluding diaryl/α,β-unsaturated/α-hetero) is 1. The molecule has 0 unspecified atom stereocenters. The predicted molar refractivity (Wildman–Crippen MR) is 92.9 cm³/mol. The highest BCUT2D eigenvalue weighted by atomic mass is 16.4. The molecular formula is C19H19N3O3. The molecule has 128 valence electrons. The topological polar surface area (TPSA) is 77.1 Å². The average Bonchev–Trinajstić information content (AvgIpc) is 3.18. The standard InChI is InChI=1S/C19H19N3O3/c1-12-18(14(3)23)13(2)22(21-12)17-10-9-16(25-17)19(24)20-11-15-7-5-4-6-8-15/h4-10H,11H2,1-3H3,(H,20,24). The smallest absolute Gasteiger partial charge is 0.287 e. The number of rotatable bonds is 5. The van der Waals surface area contributed by atoms with E-state index in [9.17, 15) is 9.59 Å². The maximum Gasteiger partial charge on any atom is 0.287 e. The Bertz CT molecular complexity index is 923. The first-order valence-corrected chi connectivity index (χ1v) is 7.97. The molecule has 0 aliphatic heterocycles. The van der Waals surface area contributed by atoms with Crippen molar-refractivity contribution in [3.63, 3.8) is 0 Å². The average molecular weight is 337 g/mol. The summed E-state index contributed by atoms with van der Waals surface area (Å²) in [4.78, 5) is 24.0. The molecule has 0 bridgehead atoms. The van der Waals surface area contributed by atoms with Gasteiger partial charge in [0, 0.05) is 12.6 Å². The fourth-order valence-corrected chi connectivity index (χ4v) is 2.80. The molecule has 0 aliphatic carbocycles. The van der Waals surface area contributed by atoms with Crippen LogP contribution in [0.2, 0.25) is 0 Å². The molecule has 0 saturated carbocycles. The van der Waals surface area contributed by atoms with E-state index >= 15 is 0 Å². The highest BCUT2D eigenvalue weighted by Crippen LogP contribution is 2.20. The Hall–Kier alpha value is -3.15. The number of benzene rings is 1. The highest BCUT2D eigenvalue weighted by molar-refractivity contribution is 5.96. The van der Waals surface area contributed by atoms with Crippen molar-refractivity contribution >= 4 is 11.7 Å². The van der Waals surface area contributed by atoms with Gasteiger partial charge in [0.2, 0.25) is 5.88 Å². The molecule has 0 aliphatic rings. The van der Waals surface area contributed by atoms with Gasteiger partial charge in [0.15, 0.2) is 11.5 Å². The maximum atomic E-state index is 12.2. The Labute approximate surface area is 145 Å². The quantitative estimate of drug-likeness (QED) is 0.725. The Morgan fingerprint density at radius 3 is 2.48 bits per heavy atom. The van der Waals surface area contributed by atoms with Crippen molar-refractivity contribution < 1.29 is 14.0 Å². The third-order valence-electron chi connectivity index (χ3n) is 3.96. The molecule has 1 N–H and O–H groups in total. The molecular weight excluding hydrogens is 318 g/mol. The molecule has 6 nitrogen and oxygen atoms in total. The number of ketones is 1. The summed E-state index contributed by atoms with van der Waals surface area (Å²) in [6.07, 6.45) is 0. The van der Waals surface area contributed by atoms with E-state index < -0.39 is 0 Å². The monoisotopic (exact) mass is 337 g/mol. The van der Waals surface area contributed by atoms with Gasteiger partial charge in [0.1, 0.15) is 0 Å². The van der Waals surface area contributed by atoms with E-state index in [0.29, 0.717) is 29.4 Å². The van der Waals surface area contributed by atoms with Gasteiger partial charge in [0.25, 0.3) is 5.91 Å². The second-order valence-corrected chi connectivity index (χ2v) is 5.82. The molecule has 0 fully saturated rings. The maximum absolute atomic E-state index is 12.2. The van der Waals surface area contributed by atoms with E-state index in [1.54, 1.807) is 30.7 Å². The highest BCUT2D eigenvalue weighted by Gasteiger charge is 2.19. The predicted octanol–water partition coefficient (Wildman–Crippen LogP) is 3.21. The van der Waals surface area contributed by atoms with E-state index in [0.717, 1.165) is 5.56 Å². The Morgan fingerprint density at radius 2 is 1.84 bits per heavy atom. The van der Waals surface area contributed by atoms with Crippen molar-refractivity contribution in [2.75, 3.05) is 0 Å². The normalized spacial score (nSPS) is 10.7. The van der Waals surface area contributed by atoms with Crippen LogP contribution in [0.5, 0.6) is 0 Å². The van der Waals surface area contributed by atoms with Gasteiger partial charge in [-0.3, -0.25) is 9.59 Å². The van der Waals surface area contributed by atoms with Crippen LogP contribution in [-0.2, 0) is 6.54 Å². The van der Waals surface area contributed by atoms with E-state index in [4.69, 9.17) is 4.42 Å². The minimum atomic E-state index is -0.302. The second kappa shape index (κ2) is 6.76. The van der Waals surface area contributed by atoms with Crippen molar-refractivity contribution in [2.45, 2.75) is 27.3 Å². The molecule has 3 aromatic rings. The zero-order valence-electron chi connectivity index (χ0n) is 14.4. The molecule has 3 rings (SSSR count). The number of furan rings is 1. The Balaban J connectivity index is 1.77. The Morgan fingerprint density at radius 1 is 1.12 bits per heavy atom. The van der Waals surface area contributed by atoms with Gasteiger partial charge < -0.3 is 9.73 Å². The lowest BCUT2D eigenvalue weighted by Crippen LogP contribution is -2.22. The van der Waals surface area contributed by atoms with Crippen molar-refractivity contribution in [1.82, 2.24) is 15.1 Å². The summed E-state index contributed by atoms with van der Waals surface area (Å²) in [7, 11) is 0. The van der Waals surface area contributed by atoms with E-state index in [-0.39, 0.29) is 17.5 Å². The number of nitrogens with one attached hydrogen (secondary N) is 1. The molecule has 0 saturated heterocycles. The second-order valence-electron chi connectivity index (χ2n) is 5.82. The van der Waals surface area contributed by atoms with Gasteiger partial charge in [-0.25, -0.2) is 4.68 Å². The third-order valence-corrected chi connectivity index (χ3v) is 3.96. The molecule has 0 atom stereocenters. The van der Waals surface area contributed by atoms with E-state index in [1.807, 2.05) is 30.3 Å². The van der Waals surface area contributed by atoms with Crippen LogP contribution in [0.4, 0.5) is 0 Å². The van der Waals surface area contributed by atoms with Crippen LogP contribution in [0.15, 0.2) is 46.9 Å². The zero-order valence-corrected chi connectivity index (χ0v) is 14.4. The van der Waals surface area contributed by atoms with Crippen LogP contribution in [0, 0.1) is 13.8 Å². The van der Waals surface area contributed by atoms with Crippen LogP contribution in [0.1, 0.15) is 44.8 Å². The zero-order chi connectivity index (χ0) is 18.0. The fraction of sp³-hybridized carbons (Fsp3) is 0.211. The van der Waals surface area contributed by atoms with Gasteiger partial charge in [-0.05, 0) is 32.4 Å². The van der Waals surface area contributed by atoms with Crippen molar-refractivity contribution in [3.8, 4) is 5.88 Å². The van der Waals surface area contributed by atoms with E-state index in [2.05, 4.69) is 10.4 Å². The van der Waals surface area contributed by atoms with Gasteiger partial charge in [-0.2, -0.15) is 5.10 Å². The van der Waals surface area contributed by atoms with Gasteiger partial charge >= 0.3 is 0 Å². The van der Waals surface area contributed by atoms with Crippen molar-refractivity contribution in [1.29, 1.82) is 0 Å². The first-order valence-electron chi connectivity index (χ1n) is 7.97. The number of nitrogens with zero attached hydrogens (tertiary/aromatic N) is 2. The summed E-state index contributed by atoms with van der Waals surface area (Å²) in [6.45, 7) is 5.50. The van der Waals surface area contributed by atoms with Crippen LogP contribution >= 0.6 is 0 Å². The lowest BCUT2D eigenvalue weighted by Gasteiger charge is -2.03. The van der Waals surface area contributed by atoms with Gasteiger partial charge in [-0.15, -0.1) is 0 Å². The van der Waals surface area contributed by atoms with E-state index in [1.165, 1.54) is 6.92 Å². The largest absolute Gasteiger partial charge is 0.433 e. The molecule has 2 heterocycles. The summed E-state index contributed by atoms with van der Waals surface area (Å²) in [5.41, 5.74) is 2.91. The number of aryl methyl sites for hydroxylation is 1. The summed E-state index contributed by atoms with van der Waals surface area (Å²) in [5, 5.41) is 7.15. The number of carbonyl (C=O) groups excluding carboxylic acids is 2. The number of hydrogen-bond acceptors (Lipinski definition) is 4. The number of carbonyl (C=O) groups is 2. The lowest BCUT2D eigenvalue weighted by atomic mass is 10.1. The first-order chi connectivity index (χ1) is 12.0. The Kier molecular flexibility index (Phi) is 4.52. The molecule has 0 radical (unpaired) electrons. The van der Waals surface area contributed by atoms with Crippen LogP contribution in [0.25, 0.3) is 5.88 Å². The number of hydrogen-bond donors (Lipinski definition) is 1. The van der Waals surface area contributed by atoms with Crippen LogP contribution in [0.3, 0.4) is 0 Å². The summed E-state index contributed by atoms with van der Waals surface area (Å²) >= 11 is 0. The molecule has 1 amide bonds. The first kappa shape index (κ1) is 16.7. The van der Waals surface area contributed by atoms with Crippen LogP contribution < -0.4 is 5.32 Å². The summed E-state index contributed by atoms with van der Waals surface area (Å²) in [5.74, 6) is 0.248. The molecule has 0 spiro atoms. The lowest BCUT2D eigenvalue weighted by molar-refractivity contribution is 0.0922. The van der Waals surface area contributed by atoms with Crippen molar-refractivity contribution in [2.24, 2.45) is 0 Å².